The molecule has 0 radical (unpaired) electrons. The normalized spacial score (nSPS) is 11.7. The summed E-state index contributed by atoms with van der Waals surface area (Å²) in [6, 6.07) is 5.66. The monoisotopic (exact) mass is 207 g/mol. The van der Waals surface area contributed by atoms with Gasteiger partial charge in [0.2, 0.25) is 0 Å². The summed E-state index contributed by atoms with van der Waals surface area (Å²) < 4.78 is 0. The Morgan fingerprint density at radius 1 is 1.33 bits per heavy atom. The molecule has 3 N–H and O–H groups in total. The molecule has 84 valence electrons. The lowest BCUT2D eigenvalue weighted by Crippen LogP contribution is -2.28. The average Bonchev–Trinajstić information content (AvgIpc) is 2.15. The molecular weight excluding hydrogens is 186 g/mol. The highest BCUT2D eigenvalue weighted by Gasteiger charge is 2.15. The first-order valence-electron chi connectivity index (χ1n) is 5.56. The summed E-state index contributed by atoms with van der Waals surface area (Å²) in [5.74, 6) is 0.386. The minimum atomic E-state index is -0.339. The van der Waals surface area contributed by atoms with E-state index in [2.05, 4.69) is 6.92 Å². The third-order valence-corrected chi connectivity index (χ3v) is 2.62. The summed E-state index contributed by atoms with van der Waals surface area (Å²) in [7, 11) is 0. The maximum absolute atomic E-state index is 9.69. The van der Waals surface area contributed by atoms with E-state index in [1.54, 1.807) is 6.07 Å². The molecule has 2 nitrogen and oxygen atoms in total. The van der Waals surface area contributed by atoms with Crippen LogP contribution >= 0.6 is 0 Å². The third-order valence-electron chi connectivity index (χ3n) is 2.62. The van der Waals surface area contributed by atoms with Gasteiger partial charge in [0.15, 0.2) is 0 Å². The van der Waals surface area contributed by atoms with Crippen molar-refractivity contribution >= 4 is 0 Å². The highest BCUT2D eigenvalue weighted by molar-refractivity contribution is 5.38. The fourth-order valence-corrected chi connectivity index (χ4v) is 1.55. The molecular formula is C13H21NO. The van der Waals surface area contributed by atoms with E-state index in [0.717, 1.165) is 30.4 Å². The van der Waals surface area contributed by atoms with Crippen LogP contribution in [0.1, 0.15) is 44.7 Å². The number of unbranched alkanes of at least 4 members (excludes halogenated alkanes) is 1. The van der Waals surface area contributed by atoms with Gasteiger partial charge < -0.3 is 10.8 Å². The Bertz CT molecular complexity index is 326. The molecule has 0 saturated heterocycles. The summed E-state index contributed by atoms with van der Waals surface area (Å²) in [6.07, 6.45) is 3.16. The van der Waals surface area contributed by atoms with Crippen LogP contribution in [0.4, 0.5) is 0 Å². The third kappa shape index (κ3) is 3.24. The van der Waals surface area contributed by atoms with Gasteiger partial charge in [-0.1, -0.05) is 25.5 Å². The van der Waals surface area contributed by atoms with Gasteiger partial charge in [-0.3, -0.25) is 0 Å². The quantitative estimate of drug-likeness (QED) is 0.797. The lowest BCUT2D eigenvalue weighted by Gasteiger charge is -2.20. The molecule has 0 fully saturated rings. The topological polar surface area (TPSA) is 46.2 Å². The molecule has 0 amide bonds. The molecule has 0 aromatic heterocycles. The SMILES string of the molecule is CCCCc1cc(C(C)(C)N)ccc1O. The summed E-state index contributed by atoms with van der Waals surface area (Å²) >= 11 is 0. The molecule has 1 aromatic rings. The Hall–Kier alpha value is -1.02. The van der Waals surface area contributed by atoms with Crippen molar-refractivity contribution in [2.24, 2.45) is 5.73 Å². The van der Waals surface area contributed by atoms with Crippen molar-refractivity contribution < 1.29 is 5.11 Å². The first-order chi connectivity index (χ1) is 6.95. The Balaban J connectivity index is 2.95. The van der Waals surface area contributed by atoms with Crippen molar-refractivity contribution in [2.45, 2.75) is 45.6 Å². The van der Waals surface area contributed by atoms with Crippen molar-refractivity contribution in [1.82, 2.24) is 0 Å². The largest absolute Gasteiger partial charge is 0.508 e. The van der Waals surface area contributed by atoms with Crippen molar-refractivity contribution in [3.63, 3.8) is 0 Å². The minimum Gasteiger partial charge on any atom is -0.508 e. The minimum absolute atomic E-state index is 0.339. The average molecular weight is 207 g/mol. The second-order valence-electron chi connectivity index (χ2n) is 4.67. The maximum atomic E-state index is 9.69. The fraction of sp³-hybridized carbons (Fsp3) is 0.538. The zero-order valence-electron chi connectivity index (χ0n) is 9.88. The molecule has 0 aliphatic rings. The lowest BCUT2D eigenvalue weighted by molar-refractivity contribution is 0.464. The molecule has 0 unspecified atom stereocenters. The van der Waals surface area contributed by atoms with Crippen molar-refractivity contribution in [3.05, 3.63) is 29.3 Å². The van der Waals surface area contributed by atoms with E-state index in [4.69, 9.17) is 5.73 Å². The standard InChI is InChI=1S/C13H21NO/c1-4-5-6-10-9-11(13(2,3)14)7-8-12(10)15/h7-9,15H,4-6,14H2,1-3H3. The summed E-state index contributed by atoms with van der Waals surface area (Å²) in [5.41, 5.74) is 7.77. The molecule has 1 rings (SSSR count). The number of hydrogen-bond acceptors (Lipinski definition) is 2. The van der Waals surface area contributed by atoms with Crippen LogP contribution < -0.4 is 5.73 Å². The number of aromatic hydroxyl groups is 1. The number of hydrogen-bond donors (Lipinski definition) is 2. The number of rotatable bonds is 4. The smallest absolute Gasteiger partial charge is 0.118 e. The van der Waals surface area contributed by atoms with E-state index in [9.17, 15) is 5.11 Å². The van der Waals surface area contributed by atoms with Gasteiger partial charge in [-0.05, 0) is 43.9 Å². The van der Waals surface area contributed by atoms with Crippen LogP contribution in [-0.4, -0.2) is 5.11 Å². The zero-order chi connectivity index (χ0) is 11.5. The summed E-state index contributed by atoms with van der Waals surface area (Å²) in [6.45, 7) is 6.10. The highest BCUT2D eigenvalue weighted by atomic mass is 16.3. The molecule has 0 bridgehead atoms. The van der Waals surface area contributed by atoms with E-state index in [0.29, 0.717) is 5.75 Å². The molecule has 0 heterocycles. The van der Waals surface area contributed by atoms with Gasteiger partial charge in [-0.2, -0.15) is 0 Å². The molecule has 0 saturated carbocycles. The van der Waals surface area contributed by atoms with E-state index in [-0.39, 0.29) is 5.54 Å². The molecule has 0 aliphatic heterocycles. The van der Waals surface area contributed by atoms with Gasteiger partial charge in [0, 0.05) is 5.54 Å². The lowest BCUT2D eigenvalue weighted by atomic mass is 9.92. The number of aryl methyl sites for hydroxylation is 1. The van der Waals surface area contributed by atoms with Gasteiger partial charge in [0.25, 0.3) is 0 Å². The summed E-state index contributed by atoms with van der Waals surface area (Å²) in [5, 5.41) is 9.69. The van der Waals surface area contributed by atoms with Gasteiger partial charge in [-0.15, -0.1) is 0 Å². The van der Waals surface area contributed by atoms with Gasteiger partial charge >= 0.3 is 0 Å². The number of benzene rings is 1. The zero-order valence-corrected chi connectivity index (χ0v) is 9.88. The Morgan fingerprint density at radius 2 is 2.00 bits per heavy atom. The number of phenols is 1. The van der Waals surface area contributed by atoms with E-state index in [1.165, 1.54) is 0 Å². The molecule has 0 aliphatic carbocycles. The van der Waals surface area contributed by atoms with Crippen LogP contribution in [0.25, 0.3) is 0 Å². The second kappa shape index (κ2) is 4.67. The van der Waals surface area contributed by atoms with E-state index < -0.39 is 0 Å². The van der Waals surface area contributed by atoms with Crippen LogP contribution in [0.15, 0.2) is 18.2 Å². The predicted octanol–water partition coefficient (Wildman–Crippen LogP) is 2.93. The first kappa shape index (κ1) is 12.1. The number of nitrogens with two attached hydrogens (primary N) is 1. The van der Waals surface area contributed by atoms with Gasteiger partial charge in [0.05, 0.1) is 0 Å². The van der Waals surface area contributed by atoms with Crippen LogP contribution in [0, 0.1) is 0 Å². The maximum Gasteiger partial charge on any atom is 0.118 e. The van der Waals surface area contributed by atoms with Crippen LogP contribution in [0.5, 0.6) is 5.75 Å². The molecule has 1 aromatic carbocycles. The van der Waals surface area contributed by atoms with E-state index in [1.807, 2.05) is 26.0 Å². The van der Waals surface area contributed by atoms with E-state index >= 15 is 0 Å². The Morgan fingerprint density at radius 3 is 2.53 bits per heavy atom. The first-order valence-corrected chi connectivity index (χ1v) is 5.56. The van der Waals surface area contributed by atoms with Crippen molar-refractivity contribution in [2.75, 3.05) is 0 Å². The van der Waals surface area contributed by atoms with Crippen LogP contribution in [0.3, 0.4) is 0 Å². The van der Waals surface area contributed by atoms with Crippen molar-refractivity contribution in [1.29, 1.82) is 0 Å². The summed E-state index contributed by atoms with van der Waals surface area (Å²) in [4.78, 5) is 0. The van der Waals surface area contributed by atoms with Gasteiger partial charge in [-0.25, -0.2) is 0 Å². The van der Waals surface area contributed by atoms with Gasteiger partial charge in [0.1, 0.15) is 5.75 Å². The molecule has 2 heteroatoms. The Labute approximate surface area is 92.1 Å². The van der Waals surface area contributed by atoms with Crippen LogP contribution in [-0.2, 0) is 12.0 Å². The highest BCUT2D eigenvalue weighted by Crippen LogP contribution is 2.25. The number of phenolic OH excluding ortho intramolecular Hbond substituents is 1. The molecule has 0 atom stereocenters. The fourth-order valence-electron chi connectivity index (χ4n) is 1.55. The van der Waals surface area contributed by atoms with Crippen molar-refractivity contribution in [3.8, 4) is 5.75 Å². The predicted molar refractivity (Wildman–Crippen MR) is 63.9 cm³/mol. The second-order valence-corrected chi connectivity index (χ2v) is 4.67. The van der Waals surface area contributed by atoms with Crippen LogP contribution in [0.2, 0.25) is 0 Å². The Kier molecular flexibility index (Phi) is 3.75. The molecule has 0 spiro atoms. The molecule has 15 heavy (non-hydrogen) atoms.